The normalized spacial score (nSPS) is 41.8. The predicted molar refractivity (Wildman–Crippen MR) is 49.1 cm³/mol. The van der Waals surface area contributed by atoms with E-state index in [0.29, 0.717) is 19.4 Å². The second kappa shape index (κ2) is 4.03. The van der Waals surface area contributed by atoms with Crippen molar-refractivity contribution in [2.45, 2.75) is 0 Å². The molecule has 3 aliphatic rings. The molecule has 0 aromatic rings. The van der Waals surface area contributed by atoms with E-state index in [1.54, 1.807) is 0 Å². The number of nitrogens with two attached hydrogens (primary N) is 1. The summed E-state index contributed by atoms with van der Waals surface area (Å²) < 4.78 is 16.5. The minimum atomic E-state index is -2.46. The SMILES string of the molecule is N[Si]12COCCN(CCO1)CCO2. The molecule has 3 saturated heterocycles. The van der Waals surface area contributed by atoms with E-state index in [9.17, 15) is 0 Å². The molecule has 0 aromatic carbocycles. The maximum atomic E-state index is 5.98. The first kappa shape index (κ1) is 9.57. The van der Waals surface area contributed by atoms with Crippen LogP contribution in [-0.4, -0.2) is 59.3 Å². The van der Waals surface area contributed by atoms with Gasteiger partial charge in [-0.2, -0.15) is 0 Å². The zero-order valence-electron chi connectivity index (χ0n) is 7.70. The van der Waals surface area contributed by atoms with Crippen molar-refractivity contribution in [1.29, 1.82) is 0 Å². The average Bonchev–Trinajstić information content (AvgIpc) is 2.20. The summed E-state index contributed by atoms with van der Waals surface area (Å²) in [6.07, 6.45) is 0.459. The molecule has 13 heavy (non-hydrogen) atoms. The molecule has 0 aliphatic carbocycles. The Labute approximate surface area is 79.1 Å². The van der Waals surface area contributed by atoms with Gasteiger partial charge in [0.2, 0.25) is 0 Å². The van der Waals surface area contributed by atoms with Gasteiger partial charge in [0, 0.05) is 19.6 Å². The van der Waals surface area contributed by atoms with Gasteiger partial charge in [0.1, 0.15) is 6.23 Å². The van der Waals surface area contributed by atoms with E-state index < -0.39 is 8.72 Å². The molecule has 3 heterocycles. The maximum absolute atomic E-state index is 5.98. The van der Waals surface area contributed by atoms with Crippen molar-refractivity contribution in [3.63, 3.8) is 0 Å². The molecule has 76 valence electrons. The van der Waals surface area contributed by atoms with Crippen LogP contribution in [0.2, 0.25) is 0 Å². The van der Waals surface area contributed by atoms with Crippen LogP contribution in [0, 0.1) is 0 Å². The second-order valence-corrected chi connectivity index (χ2v) is 5.89. The highest BCUT2D eigenvalue weighted by atomic mass is 28.4. The van der Waals surface area contributed by atoms with E-state index in [2.05, 4.69) is 4.90 Å². The van der Waals surface area contributed by atoms with Gasteiger partial charge in [-0.1, -0.05) is 0 Å². The number of fused-ring (bicyclic) bond motifs is 7. The summed E-state index contributed by atoms with van der Waals surface area (Å²) in [5, 5.41) is 5.98. The number of ether oxygens (including phenoxy) is 1. The summed E-state index contributed by atoms with van der Waals surface area (Å²) >= 11 is 0. The third-order valence-electron chi connectivity index (χ3n) is 2.36. The molecule has 5 nitrogen and oxygen atoms in total. The number of hydrogen-bond donors (Lipinski definition) is 1. The lowest BCUT2D eigenvalue weighted by molar-refractivity contribution is 0.0987. The lowest BCUT2D eigenvalue weighted by Gasteiger charge is -2.29. The summed E-state index contributed by atoms with van der Waals surface area (Å²) in [6.45, 7) is 4.92. The Morgan fingerprint density at radius 3 is 2.31 bits per heavy atom. The second-order valence-electron chi connectivity index (χ2n) is 3.40. The lowest BCUT2D eigenvalue weighted by atomic mass is 10.4. The van der Waals surface area contributed by atoms with E-state index in [0.717, 1.165) is 26.2 Å². The van der Waals surface area contributed by atoms with Gasteiger partial charge < -0.3 is 19.0 Å². The van der Waals surface area contributed by atoms with Gasteiger partial charge in [-0.3, -0.25) is 4.90 Å². The molecule has 0 aromatic heterocycles. The minimum absolute atomic E-state index is 0.459. The molecule has 0 saturated carbocycles. The Morgan fingerprint density at radius 2 is 1.62 bits per heavy atom. The third kappa shape index (κ3) is 2.49. The van der Waals surface area contributed by atoms with E-state index in [1.807, 2.05) is 0 Å². The Morgan fingerprint density at radius 1 is 1.00 bits per heavy atom. The first-order valence-corrected chi connectivity index (χ1v) is 6.75. The van der Waals surface area contributed by atoms with Crippen molar-refractivity contribution in [3.05, 3.63) is 0 Å². The molecule has 3 fully saturated rings. The fourth-order valence-electron chi connectivity index (χ4n) is 1.56. The van der Waals surface area contributed by atoms with Crippen molar-refractivity contribution in [2.24, 2.45) is 5.40 Å². The van der Waals surface area contributed by atoms with Crippen molar-refractivity contribution >= 4 is 8.72 Å². The molecule has 6 heteroatoms. The Bertz CT molecular complexity index is 166. The highest BCUT2D eigenvalue weighted by Crippen LogP contribution is 2.07. The lowest BCUT2D eigenvalue weighted by Crippen LogP contribution is -2.58. The van der Waals surface area contributed by atoms with Gasteiger partial charge >= 0.3 is 8.72 Å². The summed E-state index contributed by atoms with van der Waals surface area (Å²) in [5.74, 6) is 0. The van der Waals surface area contributed by atoms with E-state index in [1.165, 1.54) is 0 Å². The van der Waals surface area contributed by atoms with Gasteiger partial charge in [0.15, 0.2) is 0 Å². The number of nitrogens with zero attached hydrogens (tertiary/aromatic N) is 1. The van der Waals surface area contributed by atoms with E-state index in [-0.39, 0.29) is 0 Å². The summed E-state index contributed by atoms with van der Waals surface area (Å²) in [4.78, 5) is 2.28. The van der Waals surface area contributed by atoms with Gasteiger partial charge in [-0.15, -0.1) is 0 Å². The number of hydrogen-bond acceptors (Lipinski definition) is 5. The predicted octanol–water partition coefficient (Wildman–Crippen LogP) is -1.20. The Hall–Kier alpha value is 0.0169. The van der Waals surface area contributed by atoms with Gasteiger partial charge in [-0.05, 0) is 0 Å². The molecule has 2 N–H and O–H groups in total. The summed E-state index contributed by atoms with van der Waals surface area (Å²) in [5.41, 5.74) is 0. The fourth-order valence-corrected chi connectivity index (χ4v) is 3.12. The molecule has 0 atom stereocenters. The van der Waals surface area contributed by atoms with E-state index >= 15 is 0 Å². The van der Waals surface area contributed by atoms with Gasteiger partial charge in [-0.25, -0.2) is 0 Å². The summed E-state index contributed by atoms with van der Waals surface area (Å²) in [6, 6.07) is 0. The molecular formula is C7H16N2O3Si. The molecule has 0 unspecified atom stereocenters. The van der Waals surface area contributed by atoms with Crippen molar-refractivity contribution in [2.75, 3.05) is 45.7 Å². The molecule has 0 radical (unpaired) electrons. The Kier molecular flexibility index (Phi) is 2.97. The van der Waals surface area contributed by atoms with Crippen LogP contribution in [0.4, 0.5) is 0 Å². The first-order chi connectivity index (χ1) is 6.29. The van der Waals surface area contributed by atoms with Crippen LogP contribution in [0.5, 0.6) is 0 Å². The largest absolute Gasteiger partial charge is 0.449 e. The fraction of sp³-hybridized carbons (Fsp3) is 1.00. The van der Waals surface area contributed by atoms with Crippen LogP contribution in [0.25, 0.3) is 0 Å². The highest BCUT2D eigenvalue weighted by Gasteiger charge is 2.36. The van der Waals surface area contributed by atoms with Crippen LogP contribution < -0.4 is 5.40 Å². The van der Waals surface area contributed by atoms with Crippen molar-refractivity contribution < 1.29 is 13.6 Å². The van der Waals surface area contributed by atoms with Gasteiger partial charge in [0.25, 0.3) is 0 Å². The third-order valence-corrected chi connectivity index (χ3v) is 4.35. The van der Waals surface area contributed by atoms with Gasteiger partial charge in [0.05, 0.1) is 19.8 Å². The molecule has 0 spiro atoms. The smallest absolute Gasteiger partial charge is 0.380 e. The first-order valence-electron chi connectivity index (χ1n) is 4.65. The molecule has 3 aliphatic heterocycles. The summed E-state index contributed by atoms with van der Waals surface area (Å²) in [7, 11) is -2.46. The molecule has 3 rings (SSSR count). The molecular weight excluding hydrogens is 188 g/mol. The van der Waals surface area contributed by atoms with Crippen LogP contribution in [0.15, 0.2) is 0 Å². The molecule has 0 amide bonds. The van der Waals surface area contributed by atoms with Crippen LogP contribution in [0.1, 0.15) is 0 Å². The Balaban J connectivity index is 2.05. The quantitative estimate of drug-likeness (QED) is 0.502. The van der Waals surface area contributed by atoms with Crippen LogP contribution >= 0.6 is 0 Å². The monoisotopic (exact) mass is 204 g/mol. The highest BCUT2D eigenvalue weighted by molar-refractivity contribution is 6.63. The molecule has 2 bridgehead atoms. The topological polar surface area (TPSA) is 57.0 Å². The van der Waals surface area contributed by atoms with Crippen LogP contribution in [0.3, 0.4) is 0 Å². The zero-order valence-corrected chi connectivity index (χ0v) is 8.70. The maximum Gasteiger partial charge on any atom is 0.449 e. The average molecular weight is 204 g/mol. The van der Waals surface area contributed by atoms with Crippen molar-refractivity contribution in [1.82, 2.24) is 4.90 Å². The minimum Gasteiger partial charge on any atom is -0.380 e. The zero-order chi connectivity index (χ0) is 9.15. The van der Waals surface area contributed by atoms with Crippen LogP contribution in [-0.2, 0) is 13.6 Å². The standard InChI is InChI=1S/C7H16N2O3Si/c8-13-7-10-4-1-9(2-5-11-13)3-6-12-13/h1-8H2. The van der Waals surface area contributed by atoms with E-state index in [4.69, 9.17) is 19.0 Å². The number of rotatable bonds is 0. The van der Waals surface area contributed by atoms with Crippen molar-refractivity contribution in [3.8, 4) is 0 Å².